The molecule has 0 saturated carbocycles. The van der Waals surface area contributed by atoms with E-state index in [-0.39, 0.29) is 5.75 Å². The molecule has 0 amide bonds. The lowest BCUT2D eigenvalue weighted by atomic mass is 10.00. The fourth-order valence-corrected chi connectivity index (χ4v) is 3.38. The summed E-state index contributed by atoms with van der Waals surface area (Å²) in [5, 5.41) is 10.5. The van der Waals surface area contributed by atoms with Crippen LogP contribution in [0.25, 0.3) is 33.2 Å². The summed E-state index contributed by atoms with van der Waals surface area (Å²) in [4.78, 5) is 0. The van der Waals surface area contributed by atoms with E-state index in [1.165, 1.54) is 0 Å². The molecule has 1 aromatic heterocycles. The first kappa shape index (κ1) is 14.1. The van der Waals surface area contributed by atoms with Crippen molar-refractivity contribution in [1.29, 1.82) is 0 Å². The van der Waals surface area contributed by atoms with Gasteiger partial charge in [0.15, 0.2) is 4.67 Å². The number of hydrogen-bond donors (Lipinski definition) is 1. The average Bonchev–Trinajstić information content (AvgIpc) is 2.91. The lowest BCUT2D eigenvalue weighted by molar-refractivity contribution is 0.475. The maximum atomic E-state index is 9.39. The van der Waals surface area contributed by atoms with Crippen LogP contribution >= 0.6 is 15.9 Å². The minimum absolute atomic E-state index is 0.277. The molecular weight excluding hydrogens is 352 g/mol. The molecule has 0 unspecified atom stereocenters. The molecule has 0 aliphatic carbocycles. The first-order valence-electron chi connectivity index (χ1n) is 7.29. The van der Waals surface area contributed by atoms with Gasteiger partial charge in [0.2, 0.25) is 0 Å². The molecule has 23 heavy (non-hydrogen) atoms. The first-order valence-corrected chi connectivity index (χ1v) is 8.08. The maximum absolute atomic E-state index is 9.39. The van der Waals surface area contributed by atoms with Crippen LogP contribution in [0.2, 0.25) is 0 Å². The number of fused-ring (bicyclic) bond motifs is 1. The Kier molecular flexibility index (Phi) is 3.43. The molecule has 0 bridgehead atoms. The fourth-order valence-electron chi connectivity index (χ4n) is 2.77. The third-order valence-electron chi connectivity index (χ3n) is 3.93. The third-order valence-corrected chi connectivity index (χ3v) is 4.49. The van der Waals surface area contributed by atoms with Crippen LogP contribution in [0.5, 0.6) is 5.75 Å². The van der Waals surface area contributed by atoms with E-state index < -0.39 is 0 Å². The van der Waals surface area contributed by atoms with Crippen LogP contribution in [0.1, 0.15) is 0 Å². The van der Waals surface area contributed by atoms with E-state index in [1.54, 1.807) is 12.1 Å². The molecule has 0 fully saturated rings. The Morgan fingerprint density at radius 2 is 1.26 bits per heavy atom. The van der Waals surface area contributed by atoms with Crippen molar-refractivity contribution in [3.05, 3.63) is 77.5 Å². The Morgan fingerprint density at radius 3 is 1.96 bits per heavy atom. The summed E-state index contributed by atoms with van der Waals surface area (Å²) in [5.41, 5.74) is 5.22. The molecule has 4 aromatic rings. The molecule has 1 heterocycles. The molecule has 0 saturated heterocycles. The van der Waals surface area contributed by atoms with Crippen LogP contribution < -0.4 is 0 Å². The molecule has 0 spiro atoms. The molecule has 0 aliphatic rings. The van der Waals surface area contributed by atoms with Crippen molar-refractivity contribution in [3.8, 4) is 28.0 Å². The van der Waals surface area contributed by atoms with Crippen LogP contribution in [0, 0.1) is 0 Å². The highest BCUT2D eigenvalue weighted by Gasteiger charge is 2.13. The summed E-state index contributed by atoms with van der Waals surface area (Å²) in [6.07, 6.45) is 0. The van der Waals surface area contributed by atoms with Crippen molar-refractivity contribution in [2.24, 2.45) is 0 Å². The number of rotatable bonds is 2. The summed E-state index contributed by atoms with van der Waals surface area (Å²) in [6.45, 7) is 0. The van der Waals surface area contributed by atoms with E-state index in [0.29, 0.717) is 0 Å². The zero-order chi connectivity index (χ0) is 15.8. The summed E-state index contributed by atoms with van der Waals surface area (Å²) in [5.74, 6) is 0.277. The molecule has 112 valence electrons. The fraction of sp³-hybridized carbons (Fsp3) is 0. The first-order chi connectivity index (χ1) is 11.2. The van der Waals surface area contributed by atoms with E-state index in [1.807, 2.05) is 30.3 Å². The second-order valence-corrected chi connectivity index (χ2v) is 6.09. The van der Waals surface area contributed by atoms with Gasteiger partial charge in [0.1, 0.15) is 11.3 Å². The van der Waals surface area contributed by atoms with Gasteiger partial charge in [-0.25, -0.2) is 0 Å². The van der Waals surface area contributed by atoms with E-state index >= 15 is 0 Å². The second-order valence-electron chi connectivity index (χ2n) is 5.37. The number of furan rings is 1. The normalized spacial score (nSPS) is 11.0. The summed E-state index contributed by atoms with van der Waals surface area (Å²) >= 11 is 3.52. The molecule has 0 atom stereocenters. The Bertz CT molecular complexity index is 967. The number of benzene rings is 3. The van der Waals surface area contributed by atoms with Gasteiger partial charge in [-0.3, -0.25) is 0 Å². The van der Waals surface area contributed by atoms with E-state index in [9.17, 15) is 5.11 Å². The monoisotopic (exact) mass is 364 g/mol. The van der Waals surface area contributed by atoms with E-state index in [2.05, 4.69) is 46.3 Å². The van der Waals surface area contributed by atoms with Crippen molar-refractivity contribution >= 4 is 26.9 Å². The molecule has 0 radical (unpaired) electrons. The minimum atomic E-state index is 0.277. The Hall–Kier alpha value is -2.52. The highest BCUT2D eigenvalue weighted by molar-refractivity contribution is 9.10. The number of aromatic hydroxyl groups is 1. The molecule has 2 nitrogen and oxygen atoms in total. The summed E-state index contributed by atoms with van der Waals surface area (Å²) in [7, 11) is 0. The zero-order valence-electron chi connectivity index (χ0n) is 12.2. The molecular formula is C20H13BrO2. The highest BCUT2D eigenvalue weighted by atomic mass is 79.9. The summed E-state index contributed by atoms with van der Waals surface area (Å²) in [6, 6.07) is 23.6. The van der Waals surface area contributed by atoms with Gasteiger partial charge in [-0.1, -0.05) is 54.6 Å². The van der Waals surface area contributed by atoms with Crippen molar-refractivity contribution in [3.63, 3.8) is 0 Å². The van der Waals surface area contributed by atoms with Gasteiger partial charge in [-0.15, -0.1) is 0 Å². The molecule has 4 rings (SSSR count). The SMILES string of the molecule is Oc1ccc(-c2ccc(-c3c(Br)oc4ccccc34)cc2)cc1. The van der Waals surface area contributed by atoms with E-state index in [4.69, 9.17) is 4.42 Å². The van der Waals surface area contributed by atoms with Gasteiger partial charge in [-0.2, -0.15) is 0 Å². The average molecular weight is 365 g/mol. The Labute approximate surface area is 142 Å². The van der Waals surface area contributed by atoms with Crippen LogP contribution in [-0.2, 0) is 0 Å². The topological polar surface area (TPSA) is 33.4 Å². The van der Waals surface area contributed by atoms with Gasteiger partial charge in [-0.05, 0) is 50.8 Å². The number of phenols is 1. The second kappa shape index (κ2) is 5.60. The van der Waals surface area contributed by atoms with Crippen LogP contribution in [0.3, 0.4) is 0 Å². The zero-order valence-corrected chi connectivity index (χ0v) is 13.7. The van der Waals surface area contributed by atoms with Crippen molar-refractivity contribution < 1.29 is 9.52 Å². The number of hydrogen-bond acceptors (Lipinski definition) is 2. The van der Waals surface area contributed by atoms with Crippen molar-refractivity contribution in [1.82, 2.24) is 0 Å². The lowest BCUT2D eigenvalue weighted by Crippen LogP contribution is -1.80. The minimum Gasteiger partial charge on any atom is -0.508 e. The van der Waals surface area contributed by atoms with Gasteiger partial charge in [0, 0.05) is 10.9 Å². The van der Waals surface area contributed by atoms with Crippen LogP contribution in [0.15, 0.2) is 81.9 Å². The van der Waals surface area contributed by atoms with Gasteiger partial charge in [0.25, 0.3) is 0 Å². The highest BCUT2D eigenvalue weighted by Crippen LogP contribution is 2.38. The Morgan fingerprint density at radius 1 is 0.696 bits per heavy atom. The number of phenolic OH excluding ortho intramolecular Hbond substituents is 1. The van der Waals surface area contributed by atoms with Gasteiger partial charge >= 0.3 is 0 Å². The predicted octanol–water partition coefficient (Wildman–Crippen LogP) is 6.23. The van der Waals surface area contributed by atoms with Crippen molar-refractivity contribution in [2.45, 2.75) is 0 Å². The lowest BCUT2D eigenvalue weighted by Gasteiger charge is -2.05. The molecule has 3 aromatic carbocycles. The number of para-hydroxylation sites is 1. The van der Waals surface area contributed by atoms with Gasteiger partial charge in [0.05, 0.1) is 0 Å². The predicted molar refractivity (Wildman–Crippen MR) is 96.5 cm³/mol. The van der Waals surface area contributed by atoms with Gasteiger partial charge < -0.3 is 9.52 Å². The smallest absolute Gasteiger partial charge is 0.178 e. The Balaban J connectivity index is 1.78. The maximum Gasteiger partial charge on any atom is 0.178 e. The molecule has 0 aliphatic heterocycles. The number of halogens is 1. The molecule has 3 heteroatoms. The van der Waals surface area contributed by atoms with Crippen LogP contribution in [-0.4, -0.2) is 5.11 Å². The largest absolute Gasteiger partial charge is 0.508 e. The quantitative estimate of drug-likeness (QED) is 0.456. The van der Waals surface area contributed by atoms with E-state index in [0.717, 1.165) is 37.9 Å². The summed E-state index contributed by atoms with van der Waals surface area (Å²) < 4.78 is 6.52. The molecule has 1 N–H and O–H groups in total. The van der Waals surface area contributed by atoms with Crippen LogP contribution in [0.4, 0.5) is 0 Å². The third kappa shape index (κ3) is 2.53. The van der Waals surface area contributed by atoms with Crippen molar-refractivity contribution in [2.75, 3.05) is 0 Å². The standard InChI is InChI=1S/C20H13BrO2/c21-20-19(17-3-1-2-4-18(17)23-20)15-7-5-13(6-8-15)14-9-11-16(22)12-10-14/h1-12,22H.